The van der Waals surface area contributed by atoms with E-state index in [-0.39, 0.29) is 12.4 Å². The van der Waals surface area contributed by atoms with E-state index in [0.29, 0.717) is 6.04 Å². The van der Waals surface area contributed by atoms with Crippen molar-refractivity contribution in [3.05, 3.63) is 35.4 Å². The predicted molar refractivity (Wildman–Crippen MR) is 83.0 cm³/mol. The zero-order chi connectivity index (χ0) is 12.4. The third kappa shape index (κ3) is 3.71. The second kappa shape index (κ2) is 6.74. The van der Waals surface area contributed by atoms with Crippen molar-refractivity contribution in [3.8, 4) is 0 Å². The zero-order valence-electron chi connectivity index (χ0n) is 11.8. The minimum Gasteiger partial charge on any atom is -0.314 e. The second-order valence-corrected chi connectivity index (χ2v) is 5.75. The highest BCUT2D eigenvalue weighted by Crippen LogP contribution is 2.33. The Morgan fingerprint density at radius 1 is 1.21 bits per heavy atom. The number of benzene rings is 1. The van der Waals surface area contributed by atoms with Crippen LogP contribution in [0.5, 0.6) is 0 Å². The predicted octanol–water partition coefficient (Wildman–Crippen LogP) is 3.03. The molecule has 0 amide bonds. The first-order valence-corrected chi connectivity index (χ1v) is 7.40. The van der Waals surface area contributed by atoms with E-state index < -0.39 is 0 Å². The molecule has 0 spiro atoms. The Morgan fingerprint density at radius 3 is 2.58 bits per heavy atom. The second-order valence-electron chi connectivity index (χ2n) is 5.75. The van der Waals surface area contributed by atoms with Crippen molar-refractivity contribution < 1.29 is 0 Å². The number of piperazine rings is 1. The molecule has 2 nitrogen and oxygen atoms in total. The topological polar surface area (TPSA) is 15.3 Å². The van der Waals surface area contributed by atoms with Crippen molar-refractivity contribution in [2.45, 2.75) is 32.2 Å². The quantitative estimate of drug-likeness (QED) is 0.912. The van der Waals surface area contributed by atoms with Crippen LogP contribution in [0.15, 0.2) is 24.3 Å². The first kappa shape index (κ1) is 14.8. The van der Waals surface area contributed by atoms with Crippen LogP contribution in [0.3, 0.4) is 0 Å². The molecule has 1 heterocycles. The third-order valence-electron chi connectivity index (χ3n) is 4.32. The van der Waals surface area contributed by atoms with Crippen molar-refractivity contribution in [1.29, 1.82) is 0 Å². The number of hydrogen-bond donors (Lipinski definition) is 1. The first-order valence-electron chi connectivity index (χ1n) is 7.40. The fraction of sp³-hybridized carbons (Fsp3) is 0.625. The molecule has 3 rings (SSSR count). The van der Waals surface area contributed by atoms with E-state index in [2.05, 4.69) is 41.4 Å². The molecule has 1 N–H and O–H groups in total. The lowest BCUT2D eigenvalue weighted by atomic mass is 10.0. The Balaban J connectivity index is 0.00000133. The molecule has 3 heteroatoms. The van der Waals surface area contributed by atoms with Crippen molar-refractivity contribution in [3.63, 3.8) is 0 Å². The number of rotatable bonds is 4. The highest BCUT2D eigenvalue weighted by molar-refractivity contribution is 5.85. The van der Waals surface area contributed by atoms with E-state index in [1.54, 1.807) is 0 Å². The average molecular weight is 281 g/mol. The van der Waals surface area contributed by atoms with E-state index in [9.17, 15) is 0 Å². The highest BCUT2D eigenvalue weighted by Gasteiger charge is 2.30. The van der Waals surface area contributed by atoms with E-state index in [0.717, 1.165) is 25.4 Å². The molecular formula is C16H25ClN2. The molecule has 1 aromatic rings. The minimum atomic E-state index is 0. The van der Waals surface area contributed by atoms with Gasteiger partial charge in [0.1, 0.15) is 0 Å². The summed E-state index contributed by atoms with van der Waals surface area (Å²) in [6.45, 7) is 6.99. The van der Waals surface area contributed by atoms with Gasteiger partial charge < -0.3 is 5.32 Å². The SMILES string of the molecule is CCc1ccc(C2CNCCN2CC2CC2)cc1.Cl. The summed E-state index contributed by atoms with van der Waals surface area (Å²) >= 11 is 0. The summed E-state index contributed by atoms with van der Waals surface area (Å²) in [5.41, 5.74) is 2.93. The van der Waals surface area contributed by atoms with Crippen molar-refractivity contribution in [2.75, 3.05) is 26.2 Å². The van der Waals surface area contributed by atoms with Crippen LogP contribution in [-0.4, -0.2) is 31.1 Å². The van der Waals surface area contributed by atoms with Gasteiger partial charge >= 0.3 is 0 Å². The van der Waals surface area contributed by atoms with Crippen molar-refractivity contribution in [2.24, 2.45) is 5.92 Å². The normalized spacial score (nSPS) is 23.9. The van der Waals surface area contributed by atoms with Crippen LogP contribution in [0.2, 0.25) is 0 Å². The number of nitrogens with zero attached hydrogens (tertiary/aromatic N) is 1. The molecule has 1 saturated carbocycles. The molecule has 0 radical (unpaired) electrons. The first-order chi connectivity index (χ1) is 8.86. The Bertz CT molecular complexity index is 386. The molecule has 1 unspecified atom stereocenters. The number of aryl methyl sites for hydroxylation is 1. The maximum atomic E-state index is 3.54. The Labute approximate surface area is 123 Å². The fourth-order valence-electron chi connectivity index (χ4n) is 2.90. The van der Waals surface area contributed by atoms with Crippen LogP contribution in [0.25, 0.3) is 0 Å². The van der Waals surface area contributed by atoms with E-state index in [1.165, 1.54) is 37.1 Å². The molecule has 0 bridgehead atoms. The molecule has 1 aromatic carbocycles. The number of nitrogens with one attached hydrogen (secondary N) is 1. The third-order valence-corrected chi connectivity index (χ3v) is 4.32. The zero-order valence-corrected chi connectivity index (χ0v) is 12.6. The van der Waals surface area contributed by atoms with Gasteiger partial charge in [-0.2, -0.15) is 0 Å². The van der Waals surface area contributed by atoms with Crippen LogP contribution >= 0.6 is 12.4 Å². The van der Waals surface area contributed by atoms with Gasteiger partial charge in [0.2, 0.25) is 0 Å². The van der Waals surface area contributed by atoms with Gasteiger partial charge in [-0.25, -0.2) is 0 Å². The van der Waals surface area contributed by atoms with Crippen LogP contribution in [0.1, 0.15) is 36.9 Å². The lowest BCUT2D eigenvalue weighted by Gasteiger charge is -2.36. The largest absolute Gasteiger partial charge is 0.314 e. The van der Waals surface area contributed by atoms with Crippen molar-refractivity contribution >= 4 is 12.4 Å². The van der Waals surface area contributed by atoms with Crippen LogP contribution < -0.4 is 5.32 Å². The summed E-state index contributed by atoms with van der Waals surface area (Å²) in [5.74, 6) is 0.987. The summed E-state index contributed by atoms with van der Waals surface area (Å²) in [6, 6.07) is 9.83. The maximum Gasteiger partial charge on any atom is 0.0473 e. The van der Waals surface area contributed by atoms with Gasteiger partial charge in [-0.05, 0) is 36.3 Å². The molecule has 1 aliphatic carbocycles. The average Bonchev–Trinajstić information content (AvgIpc) is 3.24. The summed E-state index contributed by atoms with van der Waals surface area (Å²) in [5, 5.41) is 3.54. The molecular weight excluding hydrogens is 256 g/mol. The van der Waals surface area contributed by atoms with Gasteiger partial charge in [0, 0.05) is 32.2 Å². The standard InChI is InChI=1S/C16H24N2.ClH/c1-2-13-5-7-15(8-6-13)16-11-17-9-10-18(16)12-14-3-4-14;/h5-8,14,16-17H,2-4,9-12H2,1H3;1H. The van der Waals surface area contributed by atoms with Crippen LogP contribution in [-0.2, 0) is 6.42 Å². The highest BCUT2D eigenvalue weighted by atomic mass is 35.5. The monoisotopic (exact) mass is 280 g/mol. The Kier molecular flexibility index (Phi) is 5.26. The van der Waals surface area contributed by atoms with Gasteiger partial charge in [0.05, 0.1) is 0 Å². The molecule has 1 aliphatic heterocycles. The maximum absolute atomic E-state index is 3.54. The molecule has 1 saturated heterocycles. The summed E-state index contributed by atoms with van der Waals surface area (Å²) in [7, 11) is 0. The molecule has 2 aliphatic rings. The van der Waals surface area contributed by atoms with Gasteiger partial charge in [-0.1, -0.05) is 31.2 Å². The van der Waals surface area contributed by atoms with Gasteiger partial charge in [-0.3, -0.25) is 4.90 Å². The van der Waals surface area contributed by atoms with E-state index >= 15 is 0 Å². The van der Waals surface area contributed by atoms with E-state index in [1.807, 2.05) is 0 Å². The Morgan fingerprint density at radius 2 is 1.95 bits per heavy atom. The number of hydrogen-bond acceptors (Lipinski definition) is 2. The summed E-state index contributed by atoms with van der Waals surface area (Å²) < 4.78 is 0. The van der Waals surface area contributed by atoms with Gasteiger partial charge in [0.25, 0.3) is 0 Å². The van der Waals surface area contributed by atoms with Gasteiger partial charge in [0.15, 0.2) is 0 Å². The summed E-state index contributed by atoms with van der Waals surface area (Å²) in [6.07, 6.45) is 4.03. The lowest BCUT2D eigenvalue weighted by Crippen LogP contribution is -2.46. The Hall–Kier alpha value is -0.570. The smallest absolute Gasteiger partial charge is 0.0473 e. The fourth-order valence-corrected chi connectivity index (χ4v) is 2.90. The lowest BCUT2D eigenvalue weighted by molar-refractivity contribution is 0.155. The minimum absolute atomic E-state index is 0. The number of halogens is 1. The molecule has 0 aromatic heterocycles. The van der Waals surface area contributed by atoms with Crippen molar-refractivity contribution in [1.82, 2.24) is 10.2 Å². The molecule has 2 fully saturated rings. The molecule has 1 atom stereocenters. The molecule has 106 valence electrons. The van der Waals surface area contributed by atoms with Crippen LogP contribution in [0.4, 0.5) is 0 Å². The van der Waals surface area contributed by atoms with Crippen LogP contribution in [0, 0.1) is 5.92 Å². The summed E-state index contributed by atoms with van der Waals surface area (Å²) in [4.78, 5) is 2.69. The molecule has 19 heavy (non-hydrogen) atoms. The van der Waals surface area contributed by atoms with Gasteiger partial charge in [-0.15, -0.1) is 12.4 Å². The van der Waals surface area contributed by atoms with E-state index in [4.69, 9.17) is 0 Å².